The number of carbonyl (C=O) groups is 3. The monoisotopic (exact) mass is 647 g/mol. The zero-order valence-electron chi connectivity index (χ0n) is 27.0. The van der Waals surface area contributed by atoms with E-state index in [-0.39, 0.29) is 44.3 Å². The van der Waals surface area contributed by atoms with Crippen molar-refractivity contribution in [2.45, 2.75) is 70.2 Å². The molecule has 47 heavy (non-hydrogen) atoms. The molecule has 2 aliphatic heterocycles. The molecule has 0 spiro atoms. The highest BCUT2D eigenvalue weighted by molar-refractivity contribution is 5.99. The van der Waals surface area contributed by atoms with Crippen molar-refractivity contribution in [2.24, 2.45) is 5.92 Å². The number of nitrogens with zero attached hydrogens (tertiary/aromatic N) is 1. The Bertz CT molecular complexity index is 1510. The lowest BCUT2D eigenvalue weighted by molar-refractivity contribution is -0.293. The molecular formula is C36H41NO10. The Kier molecular flexibility index (Phi) is 10.6. The molecule has 11 nitrogen and oxygen atoms in total. The SMILES string of the molecule is COC(=O)[C@@]1(Oc2ccc(C(=O)CN(Cc3ccccc3)C(=O)OCc3ccccc3)cc2)C[C@@H](C)[C@@H](O)C([C@H]2COC(C)(C)O2)O1. The number of Topliss-reactive ketones (excluding diaryl/α,β-unsaturated/α-hetero) is 1. The fraction of sp³-hybridized carbons (Fsp3) is 0.417. The van der Waals surface area contributed by atoms with Gasteiger partial charge in [0, 0.05) is 18.5 Å². The van der Waals surface area contributed by atoms with E-state index in [1.165, 1.54) is 12.0 Å². The highest BCUT2D eigenvalue weighted by atomic mass is 16.8. The van der Waals surface area contributed by atoms with Gasteiger partial charge in [0.15, 0.2) is 11.6 Å². The van der Waals surface area contributed by atoms with Crippen molar-refractivity contribution in [3.05, 3.63) is 102 Å². The Balaban J connectivity index is 1.30. The molecule has 5 rings (SSSR count). The van der Waals surface area contributed by atoms with Crippen LogP contribution in [-0.4, -0.2) is 78.0 Å². The first-order valence-electron chi connectivity index (χ1n) is 15.6. The van der Waals surface area contributed by atoms with Gasteiger partial charge in [0.05, 0.1) is 26.4 Å². The first-order chi connectivity index (χ1) is 22.5. The second-order valence-corrected chi connectivity index (χ2v) is 12.3. The standard InChI is InChI=1S/C36H41NO10/c1-24-19-36(33(40)42-4,47-32(31(24)39)30-23-44-35(2,3)46-30)45-28-17-15-27(16-18-28)29(38)21-37(20-25-11-7-5-8-12-25)34(41)43-22-26-13-9-6-10-14-26/h5-18,24,30-32,39H,19-23H2,1-4H3/t24-,30-,31-,32?,36-/m1/s1. The van der Waals surface area contributed by atoms with Crippen molar-refractivity contribution < 1.29 is 47.9 Å². The molecule has 0 saturated carbocycles. The minimum Gasteiger partial charge on any atom is -0.464 e. The fourth-order valence-corrected chi connectivity index (χ4v) is 5.74. The van der Waals surface area contributed by atoms with Gasteiger partial charge in [-0.05, 0) is 55.2 Å². The first-order valence-corrected chi connectivity index (χ1v) is 15.6. The summed E-state index contributed by atoms with van der Waals surface area (Å²) < 4.78 is 34.6. The predicted molar refractivity (Wildman–Crippen MR) is 169 cm³/mol. The summed E-state index contributed by atoms with van der Waals surface area (Å²) in [5.41, 5.74) is 2.00. The number of rotatable bonds is 11. The number of benzene rings is 3. The van der Waals surface area contributed by atoms with Gasteiger partial charge in [-0.1, -0.05) is 67.6 Å². The molecule has 0 bridgehead atoms. The molecule has 250 valence electrons. The maximum absolute atomic E-state index is 13.4. The highest BCUT2D eigenvalue weighted by Gasteiger charge is 2.57. The number of carbonyl (C=O) groups excluding carboxylic acids is 3. The first kappa shape index (κ1) is 34.1. The molecule has 3 aromatic carbocycles. The number of aliphatic hydroxyl groups excluding tert-OH is 1. The van der Waals surface area contributed by atoms with Crippen molar-refractivity contribution in [2.75, 3.05) is 20.3 Å². The van der Waals surface area contributed by atoms with Crippen LogP contribution in [-0.2, 0) is 41.6 Å². The van der Waals surface area contributed by atoms with Crippen LogP contribution in [0.5, 0.6) is 5.75 Å². The van der Waals surface area contributed by atoms with Crippen molar-refractivity contribution in [3.63, 3.8) is 0 Å². The number of ether oxygens (including phenoxy) is 6. The van der Waals surface area contributed by atoms with Crippen LogP contribution in [0, 0.1) is 5.92 Å². The minimum atomic E-state index is -1.88. The third-order valence-corrected chi connectivity index (χ3v) is 8.20. The summed E-state index contributed by atoms with van der Waals surface area (Å²) in [7, 11) is 1.23. The summed E-state index contributed by atoms with van der Waals surface area (Å²) in [6.07, 6.45) is -3.14. The average Bonchev–Trinajstić information content (AvgIpc) is 3.44. The predicted octanol–water partition coefficient (Wildman–Crippen LogP) is 4.89. The number of ketones is 1. The summed E-state index contributed by atoms with van der Waals surface area (Å²) >= 11 is 0. The van der Waals surface area contributed by atoms with Gasteiger partial charge in [-0.3, -0.25) is 9.69 Å². The maximum atomic E-state index is 13.4. The molecule has 11 heteroatoms. The van der Waals surface area contributed by atoms with E-state index >= 15 is 0 Å². The maximum Gasteiger partial charge on any atom is 0.410 e. The van der Waals surface area contributed by atoms with Gasteiger partial charge >= 0.3 is 17.8 Å². The second kappa shape index (κ2) is 14.6. The lowest BCUT2D eigenvalue weighted by Crippen LogP contribution is -2.62. The third-order valence-electron chi connectivity index (χ3n) is 8.20. The fourth-order valence-electron chi connectivity index (χ4n) is 5.74. The van der Waals surface area contributed by atoms with Crippen molar-refractivity contribution in [3.8, 4) is 5.75 Å². The summed E-state index contributed by atoms with van der Waals surface area (Å²) in [4.78, 5) is 41.1. The van der Waals surface area contributed by atoms with E-state index in [2.05, 4.69) is 0 Å². The van der Waals surface area contributed by atoms with Crippen LogP contribution >= 0.6 is 0 Å². The van der Waals surface area contributed by atoms with Crippen LogP contribution in [0.3, 0.4) is 0 Å². The molecule has 1 unspecified atom stereocenters. The second-order valence-electron chi connectivity index (χ2n) is 12.3. The van der Waals surface area contributed by atoms with Gasteiger partial charge in [0.2, 0.25) is 0 Å². The van der Waals surface area contributed by atoms with E-state index in [1.54, 1.807) is 45.0 Å². The molecule has 3 aromatic rings. The smallest absolute Gasteiger partial charge is 0.410 e. The van der Waals surface area contributed by atoms with Gasteiger partial charge in [-0.2, -0.15) is 0 Å². The molecule has 2 heterocycles. The number of hydrogen-bond donors (Lipinski definition) is 1. The molecule has 2 saturated heterocycles. The summed E-state index contributed by atoms with van der Waals surface area (Å²) in [6, 6.07) is 24.8. The van der Waals surface area contributed by atoms with E-state index in [9.17, 15) is 19.5 Å². The van der Waals surface area contributed by atoms with Crippen LogP contribution in [0.1, 0.15) is 48.7 Å². The lowest BCUT2D eigenvalue weighted by atomic mass is 9.86. The summed E-state index contributed by atoms with van der Waals surface area (Å²) in [5.74, 6) is -4.03. The average molecular weight is 648 g/mol. The van der Waals surface area contributed by atoms with Crippen LogP contribution in [0.25, 0.3) is 0 Å². The summed E-state index contributed by atoms with van der Waals surface area (Å²) in [6.45, 7) is 5.49. The molecular weight excluding hydrogens is 606 g/mol. The number of amides is 1. The molecule has 2 fully saturated rings. The minimum absolute atomic E-state index is 0.00846. The zero-order valence-corrected chi connectivity index (χ0v) is 27.0. The molecule has 5 atom stereocenters. The topological polar surface area (TPSA) is 130 Å². The molecule has 1 N–H and O–H groups in total. The van der Waals surface area contributed by atoms with Gasteiger partial charge < -0.3 is 33.5 Å². The number of esters is 1. The van der Waals surface area contributed by atoms with E-state index < -0.39 is 47.9 Å². The van der Waals surface area contributed by atoms with Gasteiger partial charge in [-0.25, -0.2) is 9.59 Å². The van der Waals surface area contributed by atoms with E-state index in [0.717, 1.165) is 11.1 Å². The third kappa shape index (κ3) is 8.36. The van der Waals surface area contributed by atoms with E-state index in [1.807, 2.05) is 60.7 Å². The zero-order chi connectivity index (χ0) is 33.6. The van der Waals surface area contributed by atoms with Crippen LogP contribution in [0.2, 0.25) is 0 Å². The lowest BCUT2D eigenvalue weighted by Gasteiger charge is -2.45. The van der Waals surface area contributed by atoms with Crippen LogP contribution in [0.4, 0.5) is 4.79 Å². The number of hydrogen-bond acceptors (Lipinski definition) is 10. The quantitative estimate of drug-likeness (QED) is 0.227. The summed E-state index contributed by atoms with van der Waals surface area (Å²) in [5, 5.41) is 11.0. The normalized spacial score (nSPS) is 25.0. The van der Waals surface area contributed by atoms with Crippen LogP contribution in [0.15, 0.2) is 84.9 Å². The Hall–Kier alpha value is -4.29. The van der Waals surface area contributed by atoms with Gasteiger partial charge in [0.1, 0.15) is 24.6 Å². The Morgan fingerprint density at radius 3 is 2.15 bits per heavy atom. The molecule has 0 aromatic heterocycles. The van der Waals surface area contributed by atoms with E-state index in [0.29, 0.717) is 5.56 Å². The Morgan fingerprint density at radius 1 is 0.915 bits per heavy atom. The van der Waals surface area contributed by atoms with Crippen molar-refractivity contribution in [1.29, 1.82) is 0 Å². The largest absolute Gasteiger partial charge is 0.464 e. The van der Waals surface area contributed by atoms with Crippen molar-refractivity contribution in [1.82, 2.24) is 4.90 Å². The number of methoxy groups -OCH3 is 1. The highest BCUT2D eigenvalue weighted by Crippen LogP contribution is 2.40. The Labute approximate surface area is 274 Å². The van der Waals surface area contributed by atoms with Crippen molar-refractivity contribution >= 4 is 17.8 Å². The van der Waals surface area contributed by atoms with Gasteiger partial charge in [-0.15, -0.1) is 0 Å². The van der Waals surface area contributed by atoms with Crippen LogP contribution < -0.4 is 4.74 Å². The molecule has 0 aliphatic carbocycles. The number of aliphatic hydroxyl groups is 1. The van der Waals surface area contributed by atoms with E-state index in [4.69, 9.17) is 28.4 Å². The molecule has 0 radical (unpaired) electrons. The molecule has 1 amide bonds. The van der Waals surface area contributed by atoms with Gasteiger partial charge in [0.25, 0.3) is 0 Å². The molecule has 2 aliphatic rings. The Morgan fingerprint density at radius 2 is 1.55 bits per heavy atom.